The lowest BCUT2D eigenvalue weighted by atomic mass is 9.98. The highest BCUT2D eigenvalue weighted by molar-refractivity contribution is 5.94. The fourth-order valence-corrected chi connectivity index (χ4v) is 3.48. The molecule has 0 aromatic heterocycles. The monoisotopic (exact) mass is 551 g/mol. The Labute approximate surface area is 225 Å². The number of hydrogen-bond acceptors (Lipinski definition) is 8. The summed E-state index contributed by atoms with van der Waals surface area (Å²) in [6.45, 7) is 3.55. The van der Waals surface area contributed by atoms with Crippen molar-refractivity contribution in [2.45, 2.75) is 76.5 Å². The molecule has 1 rings (SSSR count). The van der Waals surface area contributed by atoms with Crippen LogP contribution in [0.4, 0.5) is 0 Å². The number of carbonyl (C=O) groups excluding carboxylic acids is 4. The quantitative estimate of drug-likeness (QED) is 0.117. The molecule has 5 atom stereocenters. The first-order valence-electron chi connectivity index (χ1n) is 12.4. The van der Waals surface area contributed by atoms with Gasteiger partial charge in [-0.15, -0.1) is 0 Å². The number of nitrogens with two attached hydrogens (primary N) is 2. The molecule has 0 saturated heterocycles. The van der Waals surface area contributed by atoms with Crippen LogP contribution in [0, 0.1) is 5.92 Å². The molecular weight excluding hydrogens is 514 g/mol. The third-order valence-electron chi connectivity index (χ3n) is 6.14. The highest BCUT2D eigenvalue weighted by atomic mass is 16.4. The number of nitrogens with one attached hydrogen (secondary N) is 3. The SMILES string of the molecule is CCC(C)C(N)C(=O)NC(CCC(=O)O)C(=O)NC(CCC(N)=O)C(=O)NC(Cc1ccc(O)cc1)C(=O)O. The Kier molecular flexibility index (Phi) is 13.4. The lowest BCUT2D eigenvalue weighted by Gasteiger charge is -2.26. The highest BCUT2D eigenvalue weighted by Gasteiger charge is 2.31. The van der Waals surface area contributed by atoms with Crippen molar-refractivity contribution in [1.29, 1.82) is 0 Å². The van der Waals surface area contributed by atoms with Crippen LogP contribution in [0.25, 0.3) is 0 Å². The van der Waals surface area contributed by atoms with E-state index < -0.39 is 66.2 Å². The highest BCUT2D eigenvalue weighted by Crippen LogP contribution is 2.12. The molecule has 0 aliphatic heterocycles. The van der Waals surface area contributed by atoms with Gasteiger partial charge in [0.25, 0.3) is 0 Å². The summed E-state index contributed by atoms with van der Waals surface area (Å²) in [6, 6.07) is 0.452. The number of amides is 4. The number of benzene rings is 1. The molecule has 0 heterocycles. The van der Waals surface area contributed by atoms with E-state index >= 15 is 0 Å². The predicted molar refractivity (Wildman–Crippen MR) is 138 cm³/mol. The summed E-state index contributed by atoms with van der Waals surface area (Å²) in [4.78, 5) is 72.9. The molecule has 0 aliphatic rings. The summed E-state index contributed by atoms with van der Waals surface area (Å²) >= 11 is 0. The van der Waals surface area contributed by atoms with E-state index in [1.165, 1.54) is 24.3 Å². The normalized spacial score (nSPS) is 14.6. The molecule has 1 aromatic carbocycles. The average molecular weight is 552 g/mol. The van der Waals surface area contributed by atoms with Gasteiger partial charge >= 0.3 is 11.9 Å². The number of primary amides is 1. The van der Waals surface area contributed by atoms with Crippen molar-refractivity contribution in [3.05, 3.63) is 29.8 Å². The zero-order valence-electron chi connectivity index (χ0n) is 21.9. The number of aromatic hydroxyl groups is 1. The Morgan fingerprint density at radius 1 is 0.821 bits per heavy atom. The minimum atomic E-state index is -1.43. The van der Waals surface area contributed by atoms with Crippen LogP contribution in [0.2, 0.25) is 0 Å². The molecule has 0 aliphatic carbocycles. The summed E-state index contributed by atoms with van der Waals surface area (Å²) in [5, 5.41) is 35.2. The van der Waals surface area contributed by atoms with Gasteiger partial charge in [-0.05, 0) is 36.5 Å². The summed E-state index contributed by atoms with van der Waals surface area (Å²) < 4.78 is 0. The lowest BCUT2D eigenvalue weighted by molar-refractivity contribution is -0.142. The maximum atomic E-state index is 13.1. The van der Waals surface area contributed by atoms with E-state index in [-0.39, 0.29) is 37.4 Å². The van der Waals surface area contributed by atoms with Crippen LogP contribution in [0.3, 0.4) is 0 Å². The van der Waals surface area contributed by atoms with Crippen molar-refractivity contribution in [2.75, 3.05) is 0 Å². The number of aliphatic carboxylic acids is 2. The van der Waals surface area contributed by atoms with Gasteiger partial charge in [-0.25, -0.2) is 4.79 Å². The molecule has 1 aromatic rings. The molecule has 0 fully saturated rings. The molecule has 0 spiro atoms. The molecule has 4 amide bonds. The predicted octanol–water partition coefficient (Wildman–Crippen LogP) is -1.02. The lowest BCUT2D eigenvalue weighted by Crippen LogP contribution is -2.58. The van der Waals surface area contributed by atoms with Gasteiger partial charge in [-0.3, -0.25) is 24.0 Å². The Balaban J connectivity index is 3.09. The van der Waals surface area contributed by atoms with Crippen LogP contribution >= 0.6 is 0 Å². The van der Waals surface area contributed by atoms with E-state index in [2.05, 4.69) is 16.0 Å². The molecule has 5 unspecified atom stereocenters. The molecule has 10 N–H and O–H groups in total. The van der Waals surface area contributed by atoms with E-state index in [9.17, 15) is 39.0 Å². The fourth-order valence-electron chi connectivity index (χ4n) is 3.48. The minimum Gasteiger partial charge on any atom is -0.508 e. The standard InChI is InChI=1S/C25H37N5O9/c1-3-13(2)21(27)24(37)29-17(9-11-20(33)34)22(35)28-16(8-10-19(26)32)23(36)30-18(25(38)39)12-14-4-6-15(31)7-5-14/h4-7,13,16-18,21,31H,3,8-12,27H2,1-2H3,(H2,26,32)(H,28,35)(H,29,37)(H,30,36)(H,33,34)(H,38,39). The number of phenolic OH excluding ortho intramolecular Hbond substituents is 1. The maximum absolute atomic E-state index is 13.1. The fraction of sp³-hybridized carbons (Fsp3) is 0.520. The second kappa shape index (κ2) is 15.9. The Hall–Kier alpha value is -4.20. The number of carbonyl (C=O) groups is 6. The molecule has 0 radical (unpaired) electrons. The maximum Gasteiger partial charge on any atom is 0.326 e. The zero-order chi connectivity index (χ0) is 29.7. The van der Waals surface area contributed by atoms with E-state index in [0.717, 1.165) is 0 Å². The van der Waals surface area contributed by atoms with Crippen molar-refractivity contribution in [3.8, 4) is 5.75 Å². The summed E-state index contributed by atoms with van der Waals surface area (Å²) in [5.74, 6) is -6.19. The van der Waals surface area contributed by atoms with Gasteiger partial charge in [0.05, 0.1) is 6.04 Å². The van der Waals surface area contributed by atoms with Crippen molar-refractivity contribution < 1.29 is 44.1 Å². The smallest absolute Gasteiger partial charge is 0.326 e. The average Bonchev–Trinajstić information content (AvgIpc) is 2.87. The van der Waals surface area contributed by atoms with Crippen LogP contribution in [-0.2, 0) is 35.2 Å². The zero-order valence-corrected chi connectivity index (χ0v) is 21.9. The van der Waals surface area contributed by atoms with Gasteiger partial charge in [-0.1, -0.05) is 32.4 Å². The largest absolute Gasteiger partial charge is 0.508 e. The molecule has 216 valence electrons. The van der Waals surface area contributed by atoms with Gasteiger partial charge in [-0.2, -0.15) is 0 Å². The third-order valence-corrected chi connectivity index (χ3v) is 6.14. The number of phenols is 1. The molecule has 14 heteroatoms. The van der Waals surface area contributed by atoms with Crippen LogP contribution in [0.1, 0.15) is 51.5 Å². The van der Waals surface area contributed by atoms with Crippen LogP contribution in [0.5, 0.6) is 5.75 Å². The van der Waals surface area contributed by atoms with Crippen LogP contribution in [-0.4, -0.2) is 75.1 Å². The molecular formula is C25H37N5O9. The minimum absolute atomic E-state index is 0.0291. The third kappa shape index (κ3) is 11.8. The number of hydrogen-bond donors (Lipinski definition) is 8. The first-order chi connectivity index (χ1) is 18.2. The van der Waals surface area contributed by atoms with Crippen molar-refractivity contribution in [1.82, 2.24) is 16.0 Å². The van der Waals surface area contributed by atoms with Crippen LogP contribution < -0.4 is 27.4 Å². The Bertz CT molecular complexity index is 1030. The van der Waals surface area contributed by atoms with Gasteiger partial charge in [0, 0.05) is 19.3 Å². The first kappa shape index (κ1) is 32.8. The molecule has 39 heavy (non-hydrogen) atoms. The van der Waals surface area contributed by atoms with Crippen LogP contribution in [0.15, 0.2) is 24.3 Å². The van der Waals surface area contributed by atoms with E-state index in [1.54, 1.807) is 6.92 Å². The van der Waals surface area contributed by atoms with E-state index in [1.807, 2.05) is 6.92 Å². The van der Waals surface area contributed by atoms with Gasteiger partial charge in [0.2, 0.25) is 23.6 Å². The molecule has 14 nitrogen and oxygen atoms in total. The summed E-state index contributed by atoms with van der Waals surface area (Å²) in [7, 11) is 0. The Morgan fingerprint density at radius 2 is 1.31 bits per heavy atom. The van der Waals surface area contributed by atoms with E-state index in [4.69, 9.17) is 16.6 Å². The summed E-state index contributed by atoms with van der Waals surface area (Å²) in [5.41, 5.74) is 11.6. The summed E-state index contributed by atoms with van der Waals surface area (Å²) in [6.07, 6.45) is -0.997. The van der Waals surface area contributed by atoms with E-state index in [0.29, 0.717) is 12.0 Å². The van der Waals surface area contributed by atoms with Crippen molar-refractivity contribution >= 4 is 35.6 Å². The second-order valence-electron chi connectivity index (χ2n) is 9.24. The molecule has 0 saturated carbocycles. The topological polar surface area (TPSA) is 251 Å². The number of carboxylic acids is 2. The number of rotatable bonds is 17. The number of carboxylic acid groups (broad SMARTS) is 2. The van der Waals surface area contributed by atoms with Crippen molar-refractivity contribution in [2.24, 2.45) is 17.4 Å². The first-order valence-corrected chi connectivity index (χ1v) is 12.4. The van der Waals surface area contributed by atoms with Crippen molar-refractivity contribution in [3.63, 3.8) is 0 Å². The van der Waals surface area contributed by atoms with Gasteiger partial charge < -0.3 is 42.7 Å². The van der Waals surface area contributed by atoms with Gasteiger partial charge in [0.15, 0.2) is 0 Å². The molecule has 0 bridgehead atoms. The van der Waals surface area contributed by atoms with Gasteiger partial charge in [0.1, 0.15) is 23.9 Å². The Morgan fingerprint density at radius 3 is 1.77 bits per heavy atom. The second-order valence-corrected chi connectivity index (χ2v) is 9.24.